The lowest BCUT2D eigenvalue weighted by Gasteiger charge is -2.21. The molecule has 0 radical (unpaired) electrons. The second-order valence-corrected chi connectivity index (χ2v) is 7.01. The van der Waals surface area contributed by atoms with Gasteiger partial charge in [-0.15, -0.1) is 0 Å². The minimum Gasteiger partial charge on any atom is -0.348 e. The summed E-state index contributed by atoms with van der Waals surface area (Å²) < 4.78 is 0. The zero-order valence-electron chi connectivity index (χ0n) is 15.5. The van der Waals surface area contributed by atoms with Crippen molar-refractivity contribution in [2.24, 2.45) is 0 Å². The third kappa shape index (κ3) is 3.08. The molecule has 136 valence electrons. The van der Waals surface area contributed by atoms with Gasteiger partial charge in [0, 0.05) is 10.9 Å². The highest BCUT2D eigenvalue weighted by atomic mass is 16.2. The molecule has 0 bridgehead atoms. The Balaban J connectivity index is 1.54. The molecule has 1 heterocycles. The molecule has 4 heteroatoms. The first kappa shape index (κ1) is 17.3. The van der Waals surface area contributed by atoms with E-state index >= 15 is 0 Å². The van der Waals surface area contributed by atoms with Crippen molar-refractivity contribution in [3.63, 3.8) is 0 Å². The fourth-order valence-corrected chi connectivity index (χ4v) is 3.74. The highest BCUT2D eigenvalue weighted by Crippen LogP contribution is 2.36. The standard InChI is InChI=1S/C23H22N2O2/c1-3-19(16-12-10-15(2)11-13-16)24-21(26)14-25-20-9-5-7-17-6-4-8-18(22(17)20)23(25)27/h4-13,19H,3,14H2,1-2H3,(H,24,26). The van der Waals surface area contributed by atoms with Gasteiger partial charge >= 0.3 is 0 Å². The maximum atomic E-state index is 12.8. The molecule has 3 aromatic rings. The van der Waals surface area contributed by atoms with Crippen molar-refractivity contribution >= 4 is 28.3 Å². The van der Waals surface area contributed by atoms with Crippen LogP contribution in [-0.2, 0) is 4.79 Å². The van der Waals surface area contributed by atoms with Crippen molar-refractivity contribution in [1.82, 2.24) is 5.32 Å². The normalized spacial score (nSPS) is 13.9. The van der Waals surface area contributed by atoms with Crippen molar-refractivity contribution in [1.29, 1.82) is 0 Å². The number of nitrogens with zero attached hydrogens (tertiary/aromatic N) is 1. The van der Waals surface area contributed by atoms with Gasteiger partial charge in [-0.25, -0.2) is 0 Å². The second kappa shape index (κ2) is 6.88. The molecule has 3 aromatic carbocycles. The van der Waals surface area contributed by atoms with Crippen LogP contribution in [-0.4, -0.2) is 18.4 Å². The number of hydrogen-bond donors (Lipinski definition) is 1. The van der Waals surface area contributed by atoms with E-state index in [1.165, 1.54) is 5.56 Å². The molecule has 27 heavy (non-hydrogen) atoms. The molecule has 4 nitrogen and oxygen atoms in total. The highest BCUT2D eigenvalue weighted by molar-refractivity contribution is 6.26. The van der Waals surface area contributed by atoms with E-state index in [0.717, 1.165) is 28.4 Å². The summed E-state index contributed by atoms with van der Waals surface area (Å²) in [5, 5.41) is 5.03. The molecule has 0 aromatic heterocycles. The number of aryl methyl sites for hydroxylation is 1. The number of carbonyl (C=O) groups is 2. The Morgan fingerprint density at radius 2 is 1.74 bits per heavy atom. The molecule has 0 spiro atoms. The van der Waals surface area contributed by atoms with E-state index in [2.05, 4.69) is 5.32 Å². The Bertz CT molecular complexity index is 1020. The van der Waals surface area contributed by atoms with Gasteiger partial charge in [0.05, 0.1) is 11.7 Å². The molecule has 1 aliphatic heterocycles. The fourth-order valence-electron chi connectivity index (χ4n) is 3.74. The minimum atomic E-state index is -0.152. The molecule has 1 aliphatic rings. The van der Waals surface area contributed by atoms with Crippen LogP contribution in [0.1, 0.15) is 40.9 Å². The molecule has 0 saturated carbocycles. The maximum absolute atomic E-state index is 12.8. The van der Waals surface area contributed by atoms with Gasteiger partial charge in [-0.05, 0) is 36.4 Å². The van der Waals surface area contributed by atoms with E-state index in [1.807, 2.05) is 74.5 Å². The molecule has 0 fully saturated rings. The van der Waals surface area contributed by atoms with Crippen LogP contribution in [0.15, 0.2) is 60.7 Å². The Kier molecular flexibility index (Phi) is 4.40. The Hall–Kier alpha value is -3.14. The van der Waals surface area contributed by atoms with Crippen LogP contribution in [0.4, 0.5) is 5.69 Å². The summed E-state index contributed by atoms with van der Waals surface area (Å²) in [6.07, 6.45) is 0.790. The average molecular weight is 358 g/mol. The van der Waals surface area contributed by atoms with E-state index in [4.69, 9.17) is 0 Å². The Morgan fingerprint density at radius 1 is 1.04 bits per heavy atom. The zero-order valence-corrected chi connectivity index (χ0v) is 15.5. The average Bonchev–Trinajstić information content (AvgIpc) is 2.95. The molecular formula is C23H22N2O2. The van der Waals surface area contributed by atoms with Gasteiger partial charge in [0.25, 0.3) is 5.91 Å². The lowest BCUT2D eigenvalue weighted by Crippen LogP contribution is -2.40. The molecule has 0 saturated heterocycles. The summed E-state index contributed by atoms with van der Waals surface area (Å²) in [7, 11) is 0. The van der Waals surface area contributed by atoms with E-state index in [0.29, 0.717) is 5.56 Å². The fraction of sp³-hybridized carbons (Fsp3) is 0.217. The van der Waals surface area contributed by atoms with Crippen LogP contribution >= 0.6 is 0 Å². The quantitative estimate of drug-likeness (QED) is 0.736. The number of benzene rings is 3. The summed E-state index contributed by atoms with van der Waals surface area (Å²) in [5.74, 6) is -0.263. The Morgan fingerprint density at radius 3 is 2.44 bits per heavy atom. The van der Waals surface area contributed by atoms with Crippen LogP contribution < -0.4 is 10.2 Å². The first-order valence-corrected chi connectivity index (χ1v) is 9.28. The van der Waals surface area contributed by atoms with Crippen LogP contribution in [0.3, 0.4) is 0 Å². The van der Waals surface area contributed by atoms with E-state index < -0.39 is 0 Å². The van der Waals surface area contributed by atoms with Crippen molar-refractivity contribution in [2.45, 2.75) is 26.3 Å². The van der Waals surface area contributed by atoms with Crippen LogP contribution in [0.5, 0.6) is 0 Å². The number of rotatable bonds is 5. The monoisotopic (exact) mass is 358 g/mol. The van der Waals surface area contributed by atoms with Crippen LogP contribution in [0.2, 0.25) is 0 Å². The maximum Gasteiger partial charge on any atom is 0.259 e. The van der Waals surface area contributed by atoms with Crippen molar-refractivity contribution in [2.75, 3.05) is 11.4 Å². The van der Waals surface area contributed by atoms with Gasteiger partial charge in [-0.3, -0.25) is 14.5 Å². The number of carbonyl (C=O) groups excluding carboxylic acids is 2. The second-order valence-electron chi connectivity index (χ2n) is 7.01. The third-order valence-electron chi connectivity index (χ3n) is 5.17. The van der Waals surface area contributed by atoms with Crippen molar-refractivity contribution in [3.8, 4) is 0 Å². The van der Waals surface area contributed by atoms with Gasteiger partial charge in [0.2, 0.25) is 5.91 Å². The number of nitrogens with one attached hydrogen (secondary N) is 1. The van der Waals surface area contributed by atoms with Crippen molar-refractivity contribution in [3.05, 3.63) is 77.4 Å². The predicted octanol–water partition coefficient (Wildman–Crippen LogP) is 4.38. The van der Waals surface area contributed by atoms with Gasteiger partial charge in [-0.2, -0.15) is 0 Å². The van der Waals surface area contributed by atoms with Crippen LogP contribution in [0.25, 0.3) is 10.8 Å². The molecular weight excluding hydrogens is 336 g/mol. The summed E-state index contributed by atoms with van der Waals surface area (Å²) in [4.78, 5) is 27.1. The topological polar surface area (TPSA) is 49.4 Å². The van der Waals surface area contributed by atoms with Gasteiger partial charge in [0.1, 0.15) is 6.54 Å². The molecule has 2 amide bonds. The number of amides is 2. The van der Waals surface area contributed by atoms with Gasteiger partial charge in [-0.1, -0.05) is 61.0 Å². The highest BCUT2D eigenvalue weighted by Gasteiger charge is 2.31. The van der Waals surface area contributed by atoms with E-state index in [9.17, 15) is 9.59 Å². The molecule has 1 atom stereocenters. The largest absolute Gasteiger partial charge is 0.348 e. The zero-order chi connectivity index (χ0) is 19.0. The van der Waals surface area contributed by atoms with Gasteiger partial charge < -0.3 is 5.32 Å². The summed E-state index contributed by atoms with van der Waals surface area (Å²) >= 11 is 0. The lowest BCUT2D eigenvalue weighted by atomic mass is 10.0. The first-order valence-electron chi connectivity index (χ1n) is 9.28. The van der Waals surface area contributed by atoms with E-state index in [1.54, 1.807) is 4.90 Å². The predicted molar refractivity (Wildman–Crippen MR) is 108 cm³/mol. The summed E-state index contributed by atoms with van der Waals surface area (Å²) in [6, 6.07) is 19.6. The number of hydrogen-bond acceptors (Lipinski definition) is 2. The molecule has 4 rings (SSSR count). The summed E-state index contributed by atoms with van der Waals surface area (Å²) in [5.41, 5.74) is 3.75. The minimum absolute atomic E-state index is 0.0228. The summed E-state index contributed by atoms with van der Waals surface area (Å²) in [6.45, 7) is 4.11. The van der Waals surface area contributed by atoms with E-state index in [-0.39, 0.29) is 24.4 Å². The SMILES string of the molecule is CCC(NC(=O)CN1C(=O)c2cccc3cccc1c23)c1ccc(C)cc1. The first-order chi connectivity index (χ1) is 13.1. The smallest absolute Gasteiger partial charge is 0.259 e. The molecule has 0 aliphatic carbocycles. The lowest BCUT2D eigenvalue weighted by molar-refractivity contribution is -0.120. The van der Waals surface area contributed by atoms with Crippen LogP contribution in [0, 0.1) is 6.92 Å². The Labute approximate surface area is 158 Å². The molecule has 1 unspecified atom stereocenters. The number of anilines is 1. The molecule has 1 N–H and O–H groups in total. The van der Waals surface area contributed by atoms with Crippen molar-refractivity contribution < 1.29 is 9.59 Å². The van der Waals surface area contributed by atoms with Gasteiger partial charge in [0.15, 0.2) is 0 Å². The third-order valence-corrected chi connectivity index (χ3v) is 5.17.